The third kappa shape index (κ3) is 7.12. The Balaban J connectivity index is 2.39. The molecule has 0 aliphatic rings. The number of hydrogen-bond acceptors (Lipinski definition) is 5. The molecule has 0 radical (unpaired) electrons. The molecule has 0 aliphatic heterocycles. The lowest BCUT2D eigenvalue weighted by Gasteiger charge is -2.07. The molecule has 0 bridgehead atoms. The summed E-state index contributed by atoms with van der Waals surface area (Å²) in [5.74, 6) is -0.200. The molecule has 1 aromatic carbocycles. The summed E-state index contributed by atoms with van der Waals surface area (Å²) in [7, 11) is 0. The van der Waals surface area contributed by atoms with Crippen LogP contribution in [0.1, 0.15) is 24.2 Å². The molecule has 1 aromatic rings. The fourth-order valence-corrected chi connectivity index (χ4v) is 1.59. The molecule has 0 fully saturated rings. The van der Waals surface area contributed by atoms with Crippen LogP contribution in [-0.4, -0.2) is 37.7 Å². The van der Waals surface area contributed by atoms with Crippen molar-refractivity contribution in [3.05, 3.63) is 42.0 Å². The van der Waals surface area contributed by atoms with Gasteiger partial charge in [-0.3, -0.25) is 9.59 Å². The van der Waals surface area contributed by atoms with Crippen molar-refractivity contribution >= 4 is 18.0 Å². The number of hydrogen-bond donors (Lipinski definition) is 2. The first-order valence-electron chi connectivity index (χ1n) is 7.20. The van der Waals surface area contributed by atoms with Crippen molar-refractivity contribution in [2.24, 2.45) is 0 Å². The topological polar surface area (TPSA) is 93.7 Å². The van der Waals surface area contributed by atoms with E-state index in [4.69, 9.17) is 4.74 Å². The number of carbonyl (C=O) groups is 3. The summed E-state index contributed by atoms with van der Waals surface area (Å²) in [6.07, 6.45) is 2.25. The summed E-state index contributed by atoms with van der Waals surface area (Å²) in [6, 6.07) is 6.06. The van der Waals surface area contributed by atoms with E-state index in [0.717, 1.165) is 0 Å². The van der Waals surface area contributed by atoms with Crippen molar-refractivity contribution in [2.45, 2.75) is 13.8 Å². The minimum Gasteiger partial charge on any atom is -0.434 e. The number of allylic oxidation sites excluding steroid dienone is 1. The quantitative estimate of drug-likeness (QED) is 0.345. The summed E-state index contributed by atoms with van der Waals surface area (Å²) < 4.78 is 9.54. The minimum absolute atomic E-state index is 0.206. The number of amides is 2. The summed E-state index contributed by atoms with van der Waals surface area (Å²) in [6.45, 7) is 4.29. The van der Waals surface area contributed by atoms with E-state index in [1.165, 1.54) is 30.3 Å². The lowest BCUT2D eigenvalue weighted by Crippen LogP contribution is -2.33. The van der Waals surface area contributed by atoms with Crippen molar-refractivity contribution in [3.8, 4) is 5.75 Å². The van der Waals surface area contributed by atoms with Gasteiger partial charge in [-0.25, -0.2) is 4.79 Å². The van der Waals surface area contributed by atoms with E-state index < -0.39 is 6.16 Å². The molecule has 7 nitrogen and oxygen atoms in total. The second-order valence-electron chi connectivity index (χ2n) is 4.36. The smallest absolute Gasteiger partial charge is 0.434 e. The fourth-order valence-electron chi connectivity index (χ4n) is 1.59. The van der Waals surface area contributed by atoms with E-state index in [1.54, 1.807) is 19.9 Å². The molecule has 23 heavy (non-hydrogen) atoms. The van der Waals surface area contributed by atoms with Crippen LogP contribution in [0.25, 0.3) is 0 Å². The molecule has 0 atom stereocenters. The third-order valence-corrected chi connectivity index (χ3v) is 2.61. The highest BCUT2D eigenvalue weighted by atomic mass is 16.7. The monoisotopic (exact) mass is 320 g/mol. The van der Waals surface area contributed by atoms with Gasteiger partial charge in [-0.05, 0) is 44.2 Å². The van der Waals surface area contributed by atoms with Crippen molar-refractivity contribution in [3.63, 3.8) is 0 Å². The largest absolute Gasteiger partial charge is 0.513 e. The van der Waals surface area contributed by atoms with Gasteiger partial charge in [0.1, 0.15) is 5.75 Å². The highest BCUT2D eigenvalue weighted by Crippen LogP contribution is 2.12. The molecule has 0 spiro atoms. The van der Waals surface area contributed by atoms with Crippen molar-refractivity contribution in [2.75, 3.05) is 19.7 Å². The van der Waals surface area contributed by atoms with Crippen molar-refractivity contribution in [1.29, 1.82) is 0 Å². The van der Waals surface area contributed by atoms with Crippen molar-refractivity contribution < 1.29 is 23.9 Å². The highest BCUT2D eigenvalue weighted by Gasteiger charge is 2.08. The zero-order valence-corrected chi connectivity index (χ0v) is 13.1. The van der Waals surface area contributed by atoms with Gasteiger partial charge in [0.25, 0.3) is 5.91 Å². The van der Waals surface area contributed by atoms with Gasteiger partial charge in [0.2, 0.25) is 5.91 Å². The Bertz CT molecular complexity index is 566. The number of nitrogens with one attached hydrogen (secondary N) is 2. The minimum atomic E-state index is -0.790. The van der Waals surface area contributed by atoms with Crippen LogP contribution in [0.4, 0.5) is 4.79 Å². The van der Waals surface area contributed by atoms with Crippen LogP contribution in [0.5, 0.6) is 5.75 Å². The maximum absolute atomic E-state index is 11.9. The van der Waals surface area contributed by atoms with Crippen LogP contribution in [0.2, 0.25) is 0 Å². The molecule has 0 saturated carbocycles. The fraction of sp³-hybridized carbons (Fsp3) is 0.312. The molecule has 0 unspecified atom stereocenters. The Hall–Kier alpha value is -2.83. The molecule has 2 amide bonds. The lowest BCUT2D eigenvalue weighted by molar-refractivity contribution is -0.116. The van der Waals surface area contributed by atoms with Crippen LogP contribution in [0.15, 0.2) is 36.4 Å². The van der Waals surface area contributed by atoms with Crippen LogP contribution < -0.4 is 15.4 Å². The molecule has 7 heteroatoms. The number of benzene rings is 1. The van der Waals surface area contributed by atoms with E-state index in [0.29, 0.717) is 24.4 Å². The predicted octanol–water partition coefficient (Wildman–Crippen LogP) is 1.64. The Morgan fingerprint density at radius 1 is 1.09 bits per heavy atom. The van der Waals surface area contributed by atoms with Gasteiger partial charge in [0.15, 0.2) is 0 Å². The summed E-state index contributed by atoms with van der Waals surface area (Å²) in [5, 5.41) is 5.29. The normalized spacial score (nSPS) is 10.2. The van der Waals surface area contributed by atoms with Gasteiger partial charge in [0.05, 0.1) is 6.61 Å². The van der Waals surface area contributed by atoms with Crippen LogP contribution in [0, 0.1) is 0 Å². The summed E-state index contributed by atoms with van der Waals surface area (Å²) >= 11 is 0. The van der Waals surface area contributed by atoms with E-state index in [-0.39, 0.29) is 18.4 Å². The summed E-state index contributed by atoms with van der Waals surface area (Å²) in [5.41, 5.74) is 0.418. The standard InChI is InChI=1S/C16H20N2O5/c1-3-5-14(19)17-10-11-18-15(20)12-6-8-13(9-7-12)23-16(21)22-4-2/h3,5-9H,4,10-11H2,1-2H3,(H,17,19)(H,18,20)/b5-3+. The molecule has 1 rings (SSSR count). The number of rotatable bonds is 7. The van der Waals surface area contributed by atoms with E-state index in [2.05, 4.69) is 15.4 Å². The first-order chi connectivity index (χ1) is 11.1. The third-order valence-electron chi connectivity index (χ3n) is 2.61. The van der Waals surface area contributed by atoms with E-state index in [1.807, 2.05) is 0 Å². The maximum atomic E-state index is 11.9. The SMILES string of the molecule is C/C=C/C(=O)NCCNC(=O)c1ccc(OC(=O)OCC)cc1. The summed E-state index contributed by atoms with van der Waals surface area (Å²) in [4.78, 5) is 34.2. The average Bonchev–Trinajstić information content (AvgIpc) is 2.52. The molecule has 0 aliphatic carbocycles. The Labute approximate surface area is 134 Å². The van der Waals surface area contributed by atoms with Crippen LogP contribution in [0.3, 0.4) is 0 Å². The number of ether oxygens (including phenoxy) is 2. The van der Waals surface area contributed by atoms with Gasteiger partial charge < -0.3 is 20.1 Å². The van der Waals surface area contributed by atoms with Gasteiger partial charge in [-0.1, -0.05) is 6.08 Å². The Morgan fingerprint density at radius 3 is 2.35 bits per heavy atom. The lowest BCUT2D eigenvalue weighted by atomic mass is 10.2. The zero-order chi connectivity index (χ0) is 17.1. The molecular formula is C16H20N2O5. The Morgan fingerprint density at radius 2 is 1.74 bits per heavy atom. The molecular weight excluding hydrogens is 300 g/mol. The van der Waals surface area contributed by atoms with E-state index >= 15 is 0 Å². The predicted molar refractivity (Wildman–Crippen MR) is 84.2 cm³/mol. The first-order valence-corrected chi connectivity index (χ1v) is 7.20. The molecule has 0 aromatic heterocycles. The van der Waals surface area contributed by atoms with Gasteiger partial charge in [0, 0.05) is 18.7 Å². The van der Waals surface area contributed by atoms with Crippen LogP contribution >= 0.6 is 0 Å². The average molecular weight is 320 g/mol. The first kappa shape index (κ1) is 18.2. The second-order valence-corrected chi connectivity index (χ2v) is 4.36. The zero-order valence-electron chi connectivity index (χ0n) is 13.1. The maximum Gasteiger partial charge on any atom is 0.513 e. The van der Waals surface area contributed by atoms with Gasteiger partial charge in [-0.15, -0.1) is 0 Å². The van der Waals surface area contributed by atoms with Gasteiger partial charge in [-0.2, -0.15) is 0 Å². The number of carbonyl (C=O) groups excluding carboxylic acids is 3. The molecule has 124 valence electrons. The van der Waals surface area contributed by atoms with Crippen molar-refractivity contribution in [1.82, 2.24) is 10.6 Å². The molecule has 0 heterocycles. The highest BCUT2D eigenvalue weighted by molar-refractivity contribution is 5.94. The van der Waals surface area contributed by atoms with Crippen LogP contribution in [-0.2, 0) is 9.53 Å². The van der Waals surface area contributed by atoms with E-state index in [9.17, 15) is 14.4 Å². The molecule has 0 saturated heterocycles. The second kappa shape index (κ2) is 9.99. The van der Waals surface area contributed by atoms with Gasteiger partial charge >= 0.3 is 6.16 Å². The molecule has 2 N–H and O–H groups in total. The Kier molecular flexibility index (Phi) is 7.91.